The van der Waals surface area contributed by atoms with Crippen LogP contribution in [0, 0.1) is 12.8 Å². The molecule has 2 rings (SSSR count). The number of aryl methyl sites for hydroxylation is 2. The first-order valence-corrected chi connectivity index (χ1v) is 6.83. The van der Waals surface area contributed by atoms with Crippen LogP contribution in [0.15, 0.2) is 6.33 Å². The fraction of sp³-hybridized carbons (Fsp3) is 0.667. The number of nitrogens with one attached hydrogen (secondary N) is 1. The molecule has 114 valence electrons. The van der Waals surface area contributed by atoms with Gasteiger partial charge in [-0.05, 0) is 29.7 Å². The van der Waals surface area contributed by atoms with Gasteiger partial charge in [-0.2, -0.15) is 5.10 Å². The molecule has 2 aromatic heterocycles. The molecule has 0 aromatic carbocycles. The van der Waals surface area contributed by atoms with Gasteiger partial charge in [0.05, 0.1) is 6.04 Å². The summed E-state index contributed by atoms with van der Waals surface area (Å²) in [5, 5.41) is 18.1. The average molecular weight is 292 g/mol. The lowest BCUT2D eigenvalue weighted by Crippen LogP contribution is -2.34. The van der Waals surface area contributed by atoms with Crippen LogP contribution in [0.2, 0.25) is 0 Å². The van der Waals surface area contributed by atoms with Crippen LogP contribution < -0.4 is 5.32 Å². The molecule has 9 heteroatoms. The third-order valence-corrected chi connectivity index (χ3v) is 3.10. The summed E-state index contributed by atoms with van der Waals surface area (Å²) < 4.78 is 3.13. The van der Waals surface area contributed by atoms with E-state index in [-0.39, 0.29) is 18.5 Å². The summed E-state index contributed by atoms with van der Waals surface area (Å²) in [7, 11) is 1.81. The molecule has 0 saturated carbocycles. The van der Waals surface area contributed by atoms with Gasteiger partial charge < -0.3 is 5.32 Å². The second-order valence-electron chi connectivity index (χ2n) is 5.38. The predicted molar refractivity (Wildman–Crippen MR) is 73.9 cm³/mol. The fourth-order valence-corrected chi connectivity index (χ4v) is 2.09. The number of amides is 1. The average Bonchev–Trinajstić information content (AvgIpc) is 2.98. The number of hydrogen-bond acceptors (Lipinski definition) is 6. The van der Waals surface area contributed by atoms with Gasteiger partial charge in [-0.3, -0.25) is 9.48 Å². The van der Waals surface area contributed by atoms with Crippen molar-refractivity contribution in [1.29, 1.82) is 0 Å². The topological polar surface area (TPSA) is 103 Å². The van der Waals surface area contributed by atoms with Crippen molar-refractivity contribution in [2.75, 3.05) is 0 Å². The maximum Gasteiger partial charge on any atom is 0.242 e. The summed E-state index contributed by atoms with van der Waals surface area (Å²) >= 11 is 0. The van der Waals surface area contributed by atoms with Gasteiger partial charge in [0.15, 0.2) is 0 Å². The van der Waals surface area contributed by atoms with Crippen molar-refractivity contribution >= 4 is 5.91 Å². The van der Waals surface area contributed by atoms with Crippen molar-refractivity contribution in [2.24, 2.45) is 13.0 Å². The first kappa shape index (κ1) is 15.1. The van der Waals surface area contributed by atoms with Crippen molar-refractivity contribution in [2.45, 2.75) is 39.8 Å². The molecule has 0 aliphatic heterocycles. The normalized spacial score (nSPS) is 12.6. The van der Waals surface area contributed by atoms with Crippen LogP contribution in [-0.4, -0.2) is 40.9 Å². The van der Waals surface area contributed by atoms with Crippen molar-refractivity contribution in [3.63, 3.8) is 0 Å². The number of rotatable bonds is 6. The molecule has 0 fully saturated rings. The van der Waals surface area contributed by atoms with Crippen LogP contribution in [0.3, 0.4) is 0 Å². The second kappa shape index (κ2) is 6.42. The Balaban J connectivity index is 2.06. The van der Waals surface area contributed by atoms with Gasteiger partial charge in [0.1, 0.15) is 24.5 Å². The highest BCUT2D eigenvalue weighted by Gasteiger charge is 2.21. The van der Waals surface area contributed by atoms with Gasteiger partial charge in [0, 0.05) is 7.05 Å². The number of carbonyl (C=O) groups is 1. The highest BCUT2D eigenvalue weighted by molar-refractivity contribution is 5.76. The van der Waals surface area contributed by atoms with Crippen molar-refractivity contribution in [3.8, 4) is 0 Å². The summed E-state index contributed by atoms with van der Waals surface area (Å²) in [5.74, 6) is 1.61. The Hall–Kier alpha value is -2.32. The third kappa shape index (κ3) is 3.83. The van der Waals surface area contributed by atoms with E-state index in [1.54, 1.807) is 11.6 Å². The molecule has 0 bridgehead atoms. The summed E-state index contributed by atoms with van der Waals surface area (Å²) in [5.41, 5.74) is 0. The fourth-order valence-electron chi connectivity index (χ4n) is 2.09. The Morgan fingerprint density at radius 3 is 2.71 bits per heavy atom. The predicted octanol–water partition coefficient (Wildman–Crippen LogP) is 0.0136. The van der Waals surface area contributed by atoms with Gasteiger partial charge in [0.2, 0.25) is 5.91 Å². The first-order chi connectivity index (χ1) is 9.97. The molecule has 0 unspecified atom stereocenters. The number of aromatic nitrogens is 7. The second-order valence-corrected chi connectivity index (χ2v) is 5.38. The van der Waals surface area contributed by atoms with E-state index in [2.05, 4.69) is 44.8 Å². The van der Waals surface area contributed by atoms with Gasteiger partial charge >= 0.3 is 0 Å². The van der Waals surface area contributed by atoms with Crippen LogP contribution in [0.25, 0.3) is 0 Å². The highest BCUT2D eigenvalue weighted by atomic mass is 16.2. The zero-order valence-electron chi connectivity index (χ0n) is 12.7. The number of carbonyl (C=O) groups excluding carboxylic acids is 1. The van der Waals surface area contributed by atoms with E-state index in [0.717, 1.165) is 12.2 Å². The lowest BCUT2D eigenvalue weighted by atomic mass is 10.0. The Kier molecular flexibility index (Phi) is 4.61. The maximum atomic E-state index is 12.2. The zero-order valence-corrected chi connectivity index (χ0v) is 12.7. The minimum atomic E-state index is -0.179. The smallest absolute Gasteiger partial charge is 0.242 e. The van der Waals surface area contributed by atoms with E-state index in [1.807, 2.05) is 7.05 Å². The monoisotopic (exact) mass is 292 g/mol. The first-order valence-electron chi connectivity index (χ1n) is 6.83. The maximum absolute atomic E-state index is 12.2. The number of tetrazole rings is 1. The van der Waals surface area contributed by atoms with E-state index < -0.39 is 0 Å². The van der Waals surface area contributed by atoms with Crippen molar-refractivity contribution < 1.29 is 4.79 Å². The third-order valence-electron chi connectivity index (χ3n) is 3.10. The summed E-state index contributed by atoms with van der Waals surface area (Å²) in [6, 6.07) is -0.179. The van der Waals surface area contributed by atoms with E-state index in [1.165, 1.54) is 11.0 Å². The highest BCUT2D eigenvalue weighted by Crippen LogP contribution is 2.18. The Bertz CT molecular complexity index is 602. The zero-order chi connectivity index (χ0) is 15.4. The number of nitrogens with zero attached hydrogens (tertiary/aromatic N) is 7. The van der Waals surface area contributed by atoms with Gasteiger partial charge in [-0.1, -0.05) is 13.8 Å². The molecule has 0 spiro atoms. The van der Waals surface area contributed by atoms with Crippen LogP contribution in [0.4, 0.5) is 0 Å². The summed E-state index contributed by atoms with van der Waals surface area (Å²) in [4.78, 5) is 16.4. The molecule has 1 N–H and O–H groups in total. The molecule has 9 nitrogen and oxygen atoms in total. The largest absolute Gasteiger partial charge is 0.344 e. The van der Waals surface area contributed by atoms with Gasteiger partial charge in [0.25, 0.3) is 0 Å². The van der Waals surface area contributed by atoms with Crippen LogP contribution >= 0.6 is 0 Å². The minimum absolute atomic E-state index is 0.0886. The van der Waals surface area contributed by atoms with Crippen LogP contribution in [0.5, 0.6) is 0 Å². The van der Waals surface area contributed by atoms with Crippen LogP contribution in [-0.2, 0) is 18.4 Å². The molecule has 2 heterocycles. The van der Waals surface area contributed by atoms with E-state index in [4.69, 9.17) is 0 Å². The lowest BCUT2D eigenvalue weighted by Gasteiger charge is -2.19. The minimum Gasteiger partial charge on any atom is -0.344 e. The van der Waals surface area contributed by atoms with E-state index in [9.17, 15) is 4.79 Å². The molecule has 0 aliphatic carbocycles. The lowest BCUT2D eigenvalue weighted by molar-refractivity contribution is -0.122. The quantitative estimate of drug-likeness (QED) is 0.804. The summed E-state index contributed by atoms with van der Waals surface area (Å²) in [6.45, 7) is 6.04. The molecule has 1 atom stereocenters. The van der Waals surface area contributed by atoms with Gasteiger partial charge in [-0.15, -0.1) is 5.10 Å². The standard InChI is InChI=1S/C12H20N8O/c1-8(2)5-10(12-13-7-14-19(12)4)15-11(21)6-20-9(3)16-17-18-20/h7-8,10H,5-6H2,1-4H3,(H,15,21)/t10-/m0/s1. The van der Waals surface area contributed by atoms with Gasteiger partial charge in [-0.25, -0.2) is 9.67 Å². The van der Waals surface area contributed by atoms with E-state index >= 15 is 0 Å². The molecule has 1 amide bonds. The van der Waals surface area contributed by atoms with Crippen LogP contribution in [0.1, 0.15) is 38.0 Å². The molecule has 0 radical (unpaired) electrons. The van der Waals surface area contributed by atoms with E-state index in [0.29, 0.717) is 11.7 Å². The molecule has 2 aromatic rings. The molecular formula is C12H20N8O. The van der Waals surface area contributed by atoms with Crippen molar-refractivity contribution in [1.82, 2.24) is 40.3 Å². The van der Waals surface area contributed by atoms with Crippen molar-refractivity contribution in [3.05, 3.63) is 18.0 Å². The Morgan fingerprint density at radius 1 is 1.43 bits per heavy atom. The SMILES string of the molecule is Cc1nnnn1CC(=O)N[C@@H](CC(C)C)c1ncnn1C. The Labute approximate surface area is 122 Å². The molecule has 0 aliphatic rings. The molecule has 0 saturated heterocycles. The summed E-state index contributed by atoms with van der Waals surface area (Å²) in [6.07, 6.45) is 2.27. The molecule has 21 heavy (non-hydrogen) atoms. The number of hydrogen-bond donors (Lipinski definition) is 1. The molecular weight excluding hydrogens is 272 g/mol. The Morgan fingerprint density at radius 2 is 2.19 bits per heavy atom.